The number of carbonyl (C=O) groups is 3. The maximum atomic E-state index is 12.1. The van der Waals surface area contributed by atoms with E-state index in [-0.39, 0.29) is 22.8 Å². The Hall–Kier alpha value is -3.95. The lowest BCUT2D eigenvalue weighted by Gasteiger charge is -2.11. The summed E-state index contributed by atoms with van der Waals surface area (Å²) in [4.78, 5) is 55.5. The molecule has 1 aromatic carbocycles. The number of hydrogen-bond donors (Lipinski definition) is 5. The number of anilines is 1. The Morgan fingerprint density at radius 1 is 1.25 bits per heavy atom. The van der Waals surface area contributed by atoms with Crippen LogP contribution in [0.5, 0.6) is 0 Å². The predicted octanol–water partition coefficient (Wildman–Crippen LogP) is 0.853. The van der Waals surface area contributed by atoms with Crippen LogP contribution in [0.15, 0.2) is 47.9 Å². The molecule has 4 rings (SSSR count). The van der Waals surface area contributed by atoms with E-state index >= 15 is 0 Å². The number of imidazole rings is 1. The number of amides is 2. The van der Waals surface area contributed by atoms with Gasteiger partial charge in [-0.15, -0.1) is 0 Å². The molecule has 0 saturated carbocycles. The van der Waals surface area contributed by atoms with Gasteiger partial charge in [-0.2, -0.15) is 0 Å². The van der Waals surface area contributed by atoms with Crippen molar-refractivity contribution in [3.8, 4) is 0 Å². The van der Waals surface area contributed by atoms with E-state index in [1.54, 1.807) is 30.9 Å². The average Bonchev–Trinajstić information content (AvgIpc) is 3.37. The molecule has 0 spiro atoms. The van der Waals surface area contributed by atoms with Gasteiger partial charge in [0.25, 0.3) is 0 Å². The molecule has 1 fully saturated rings. The minimum Gasteiger partial charge on any atom is -0.477 e. The van der Waals surface area contributed by atoms with Crippen LogP contribution >= 0.6 is 0 Å². The maximum Gasteiger partial charge on any atom is 0.341 e. The lowest BCUT2D eigenvalue weighted by Crippen LogP contribution is -2.37. The molecule has 0 bridgehead atoms. The van der Waals surface area contributed by atoms with Crippen molar-refractivity contribution in [2.45, 2.75) is 18.9 Å². The number of carboxylic acid groups (broad SMARTS) is 1. The third-order valence-corrected chi connectivity index (χ3v) is 4.10. The van der Waals surface area contributed by atoms with Gasteiger partial charge < -0.3 is 25.7 Å². The van der Waals surface area contributed by atoms with Gasteiger partial charge in [0.1, 0.15) is 11.6 Å². The molecule has 144 valence electrons. The Morgan fingerprint density at radius 2 is 2.07 bits per heavy atom. The zero-order valence-corrected chi connectivity index (χ0v) is 14.6. The number of benzene rings is 1. The second kappa shape index (κ2) is 8.16. The van der Waals surface area contributed by atoms with E-state index in [4.69, 9.17) is 5.11 Å². The first-order chi connectivity index (χ1) is 13.5. The Morgan fingerprint density at radius 3 is 2.64 bits per heavy atom. The molecule has 1 atom stereocenters. The molecule has 3 aromatic rings. The van der Waals surface area contributed by atoms with E-state index in [1.807, 2.05) is 0 Å². The smallest absolute Gasteiger partial charge is 0.341 e. The van der Waals surface area contributed by atoms with Crippen LogP contribution in [-0.2, 0) is 9.59 Å². The number of nitrogens with zero attached hydrogens (tertiary/aromatic N) is 1. The molecule has 28 heavy (non-hydrogen) atoms. The second-order valence-electron chi connectivity index (χ2n) is 6.01. The average molecular weight is 383 g/mol. The Kier molecular flexibility index (Phi) is 5.49. The number of fused-ring (bicyclic) bond motifs is 1. The molecule has 2 amide bonds. The summed E-state index contributed by atoms with van der Waals surface area (Å²) in [6, 6.07) is 3.98. The number of carboxylic acids is 1. The summed E-state index contributed by atoms with van der Waals surface area (Å²) in [6.45, 7) is 0. The van der Waals surface area contributed by atoms with Crippen LogP contribution in [0.25, 0.3) is 10.9 Å². The van der Waals surface area contributed by atoms with Crippen molar-refractivity contribution >= 4 is 34.4 Å². The van der Waals surface area contributed by atoms with Crippen LogP contribution in [0, 0.1) is 0 Å². The molecular formula is C18H17N5O5. The van der Waals surface area contributed by atoms with Crippen LogP contribution in [0.2, 0.25) is 0 Å². The molecule has 1 saturated heterocycles. The molecule has 1 unspecified atom stereocenters. The molecule has 1 aliphatic rings. The summed E-state index contributed by atoms with van der Waals surface area (Å²) in [5.41, 5.74) is -0.176. The Balaban J connectivity index is 0.000000391. The zero-order valence-electron chi connectivity index (χ0n) is 14.6. The largest absolute Gasteiger partial charge is 0.477 e. The first kappa shape index (κ1) is 18.8. The van der Waals surface area contributed by atoms with E-state index in [0.29, 0.717) is 24.0 Å². The fourth-order valence-electron chi connectivity index (χ4n) is 2.71. The Labute approximate surface area is 158 Å². The summed E-state index contributed by atoms with van der Waals surface area (Å²) < 4.78 is 0. The van der Waals surface area contributed by atoms with E-state index in [9.17, 15) is 19.2 Å². The van der Waals surface area contributed by atoms with Crippen LogP contribution in [0.1, 0.15) is 23.2 Å². The van der Waals surface area contributed by atoms with E-state index in [2.05, 4.69) is 25.6 Å². The van der Waals surface area contributed by atoms with Gasteiger partial charge in [-0.05, 0) is 24.6 Å². The van der Waals surface area contributed by atoms with Crippen molar-refractivity contribution in [2.24, 2.45) is 0 Å². The number of rotatable bonds is 3. The van der Waals surface area contributed by atoms with Crippen molar-refractivity contribution in [1.29, 1.82) is 0 Å². The van der Waals surface area contributed by atoms with Gasteiger partial charge in [0, 0.05) is 41.6 Å². The van der Waals surface area contributed by atoms with Crippen molar-refractivity contribution in [1.82, 2.24) is 20.3 Å². The highest BCUT2D eigenvalue weighted by Gasteiger charge is 2.27. The topological polar surface area (TPSA) is 157 Å². The predicted molar refractivity (Wildman–Crippen MR) is 99.9 cm³/mol. The molecule has 3 heterocycles. The van der Waals surface area contributed by atoms with Gasteiger partial charge in [0.15, 0.2) is 0 Å². The van der Waals surface area contributed by atoms with Gasteiger partial charge in [-0.3, -0.25) is 14.4 Å². The minimum atomic E-state index is -1.32. The number of aromatic amines is 2. The number of aromatic carboxylic acids is 1. The number of aromatic nitrogens is 3. The van der Waals surface area contributed by atoms with Crippen LogP contribution in [-0.4, -0.2) is 43.9 Å². The summed E-state index contributed by atoms with van der Waals surface area (Å²) in [6.07, 6.45) is 6.94. The number of nitrogens with one attached hydrogen (secondary N) is 4. The van der Waals surface area contributed by atoms with Crippen LogP contribution in [0.4, 0.5) is 5.69 Å². The third kappa shape index (κ3) is 4.23. The molecular weight excluding hydrogens is 366 g/mol. The van der Waals surface area contributed by atoms with Gasteiger partial charge in [0.2, 0.25) is 17.2 Å². The van der Waals surface area contributed by atoms with Gasteiger partial charge in [-0.1, -0.05) is 0 Å². The van der Waals surface area contributed by atoms with E-state index in [0.717, 1.165) is 6.20 Å². The minimum absolute atomic E-state index is 0.165. The zero-order chi connectivity index (χ0) is 20.1. The lowest BCUT2D eigenvalue weighted by atomic mass is 10.1. The molecule has 1 aliphatic heterocycles. The van der Waals surface area contributed by atoms with Crippen molar-refractivity contribution < 1.29 is 19.5 Å². The van der Waals surface area contributed by atoms with E-state index in [1.165, 1.54) is 6.07 Å². The highest BCUT2D eigenvalue weighted by atomic mass is 16.4. The normalized spacial score (nSPS) is 15.4. The highest BCUT2D eigenvalue weighted by Crippen LogP contribution is 2.17. The quantitative estimate of drug-likeness (QED) is 0.451. The molecule has 10 heteroatoms. The summed E-state index contributed by atoms with van der Waals surface area (Å²) in [7, 11) is 0. The van der Waals surface area contributed by atoms with Gasteiger partial charge in [0.05, 0.1) is 6.33 Å². The van der Waals surface area contributed by atoms with Crippen LogP contribution < -0.4 is 16.1 Å². The summed E-state index contributed by atoms with van der Waals surface area (Å²) >= 11 is 0. The summed E-state index contributed by atoms with van der Waals surface area (Å²) in [5.74, 6) is -1.87. The first-order valence-corrected chi connectivity index (χ1v) is 8.37. The second-order valence-corrected chi connectivity index (χ2v) is 6.01. The standard InChI is InChI=1S/C15H13N3O5.C3H4N2/c19-12-4-3-11(18-12)14(21)17-7-1-2-10-8(5-7)13(20)9(6-16-10)15(22)23;1-2-5-3-4-1/h1-2,5-6,11H,3-4H2,(H,16,20)(H,17,21)(H,18,19)(H,22,23);1-3H,(H,4,5). The Bertz CT molecular complexity index is 1060. The molecule has 10 nitrogen and oxygen atoms in total. The van der Waals surface area contributed by atoms with Crippen LogP contribution in [0.3, 0.4) is 0 Å². The first-order valence-electron chi connectivity index (χ1n) is 8.37. The number of hydrogen-bond acceptors (Lipinski definition) is 5. The lowest BCUT2D eigenvalue weighted by molar-refractivity contribution is -0.122. The number of pyridine rings is 1. The van der Waals surface area contributed by atoms with Crippen molar-refractivity contribution in [3.63, 3.8) is 0 Å². The van der Waals surface area contributed by atoms with Crippen molar-refractivity contribution in [3.05, 3.63) is 58.9 Å². The fourth-order valence-corrected chi connectivity index (χ4v) is 2.71. The third-order valence-electron chi connectivity index (χ3n) is 4.10. The number of carbonyl (C=O) groups excluding carboxylic acids is 2. The molecule has 0 aliphatic carbocycles. The molecule has 2 aromatic heterocycles. The van der Waals surface area contributed by atoms with Gasteiger partial charge >= 0.3 is 5.97 Å². The summed E-state index contributed by atoms with van der Waals surface area (Å²) in [5, 5.41) is 14.3. The monoisotopic (exact) mass is 383 g/mol. The molecule has 5 N–H and O–H groups in total. The van der Waals surface area contributed by atoms with Crippen molar-refractivity contribution in [2.75, 3.05) is 5.32 Å². The highest BCUT2D eigenvalue weighted by molar-refractivity contribution is 6.00. The SMILES string of the molecule is O=C1CCC(C(=O)Nc2ccc3[nH]cc(C(=O)O)c(=O)c3c2)N1.c1c[nH]cn1. The maximum absolute atomic E-state index is 12.1. The molecule has 0 radical (unpaired) electrons. The van der Waals surface area contributed by atoms with E-state index < -0.39 is 17.4 Å². The number of H-pyrrole nitrogens is 2. The van der Waals surface area contributed by atoms with Gasteiger partial charge in [-0.25, -0.2) is 9.78 Å². The fraction of sp³-hybridized carbons (Fsp3) is 0.167.